The number of aromatic nitrogens is 2. The van der Waals surface area contributed by atoms with Gasteiger partial charge in [0.2, 0.25) is 11.0 Å². The topological polar surface area (TPSA) is 208 Å². The Hall–Kier alpha value is -5.83. The van der Waals surface area contributed by atoms with Gasteiger partial charge in [-0.15, -0.1) is 26.4 Å². The number of nitrogens with zero attached hydrogens (tertiary/aromatic N) is 6. The molecule has 25 heteroatoms. The van der Waals surface area contributed by atoms with Gasteiger partial charge >= 0.3 is 6.18 Å². The van der Waals surface area contributed by atoms with Crippen molar-refractivity contribution in [1.82, 2.24) is 14.9 Å². The van der Waals surface area contributed by atoms with Crippen molar-refractivity contribution in [3.8, 4) is 0 Å². The molecule has 0 aliphatic carbocycles. The van der Waals surface area contributed by atoms with Gasteiger partial charge in [-0.2, -0.15) is 30.0 Å². The number of benzene rings is 4. The third-order valence-electron chi connectivity index (χ3n) is 11.1. The Morgan fingerprint density at radius 2 is 1.25 bits per heavy atom. The van der Waals surface area contributed by atoms with E-state index in [-0.39, 0.29) is 49.2 Å². The number of amides is 2. The molecule has 2 saturated heterocycles. The molecule has 9 rings (SSSR count). The van der Waals surface area contributed by atoms with Crippen molar-refractivity contribution >= 4 is 86.2 Å². The minimum Gasteiger partial charge on any atom is -0.383 e. The number of sulfonamides is 3. The summed E-state index contributed by atoms with van der Waals surface area (Å²) in [4.78, 5) is 37.1. The van der Waals surface area contributed by atoms with Crippen LogP contribution in [0.1, 0.15) is 29.5 Å². The van der Waals surface area contributed by atoms with Crippen LogP contribution < -0.4 is 18.2 Å². The fourth-order valence-corrected chi connectivity index (χ4v) is 14.2. The quantitative estimate of drug-likeness (QED) is 0.142. The van der Waals surface area contributed by atoms with Crippen molar-refractivity contribution in [3.63, 3.8) is 0 Å². The van der Waals surface area contributed by atoms with E-state index in [2.05, 4.69) is 14.7 Å². The predicted molar refractivity (Wildman–Crippen MR) is 240 cm³/mol. The van der Waals surface area contributed by atoms with E-state index in [9.17, 15) is 57.5 Å². The predicted octanol–water partition coefficient (Wildman–Crippen LogP) is 6.09. The molecule has 0 bridgehead atoms. The van der Waals surface area contributed by atoms with Crippen molar-refractivity contribution in [1.29, 1.82) is 0 Å². The van der Waals surface area contributed by atoms with Gasteiger partial charge in [-0.05, 0) is 109 Å². The number of halogens is 4. The van der Waals surface area contributed by atoms with E-state index in [0.717, 1.165) is 47.2 Å². The van der Waals surface area contributed by atoms with Gasteiger partial charge in [-0.25, -0.2) is 22.8 Å². The Morgan fingerprint density at radius 3 is 1.81 bits per heavy atom. The standard InChI is InChI=1S/C23H21F3N4O3S2.C19H16FN3O6S3/c24-23(25,26)17-2-1-15-7-10-29(14-16(15)13-17)20-8-11-30(21(20)31)18-3-5-19(6-4-18)35(32,33)28-22-27-9-12-34-22;20-13-1-5-15(6-2-13)31(26,27)23(19-21-10-12-30-19)32(28,29)16-7-3-14(4-8-16)22-11-9-17(24)18(22)25/h1-6,9,12-13,20H,7-8,10-11,14H2,(H,27,28);1-8,10,12,17,24H,9,11H2/t20-;17-/m01/s1. The van der Waals surface area contributed by atoms with E-state index in [1.54, 1.807) is 22.4 Å². The van der Waals surface area contributed by atoms with Crippen LogP contribution in [0.25, 0.3) is 0 Å². The number of carbonyl (C=O) groups excluding carboxylic acids is 2. The number of alkyl halides is 3. The highest BCUT2D eigenvalue weighted by molar-refractivity contribution is 8.10. The lowest BCUT2D eigenvalue weighted by atomic mass is 9.96. The van der Waals surface area contributed by atoms with E-state index in [1.165, 1.54) is 82.5 Å². The fraction of sp³-hybridized carbons (Fsp3) is 0.238. The molecule has 2 atom stereocenters. The zero-order valence-electron chi connectivity index (χ0n) is 34.5. The molecule has 0 spiro atoms. The second-order valence-corrected chi connectivity index (χ2v) is 22.5. The number of hydrogen-bond acceptors (Lipinski definition) is 14. The molecule has 5 heterocycles. The number of rotatable bonds is 11. The highest BCUT2D eigenvalue weighted by Gasteiger charge is 2.41. The lowest BCUT2D eigenvalue weighted by Crippen LogP contribution is -2.44. The fourth-order valence-electron chi connectivity index (χ4n) is 7.69. The zero-order chi connectivity index (χ0) is 47.9. The molecule has 4 aromatic carbocycles. The molecule has 2 amide bonds. The van der Waals surface area contributed by atoms with Crippen molar-refractivity contribution < 1.29 is 57.5 Å². The number of thiazole rings is 2. The molecule has 2 fully saturated rings. The van der Waals surface area contributed by atoms with Crippen LogP contribution in [0.5, 0.6) is 0 Å². The number of aliphatic hydroxyl groups excluding tert-OH is 1. The summed E-state index contributed by atoms with van der Waals surface area (Å²) in [6.45, 7) is 1.58. The van der Waals surface area contributed by atoms with Crippen LogP contribution in [0.15, 0.2) is 129 Å². The van der Waals surface area contributed by atoms with E-state index in [4.69, 9.17) is 0 Å². The molecule has 2 aromatic heterocycles. The molecular formula is C42H37F4N7O9S5. The lowest BCUT2D eigenvalue weighted by Gasteiger charge is -2.33. The summed E-state index contributed by atoms with van der Waals surface area (Å²) in [6, 6.07) is 18.2. The summed E-state index contributed by atoms with van der Waals surface area (Å²) >= 11 is 1.97. The van der Waals surface area contributed by atoms with Crippen LogP contribution in [0.3, 0.4) is 0 Å². The maximum atomic E-state index is 13.4. The van der Waals surface area contributed by atoms with Gasteiger partial charge in [0.25, 0.3) is 36.0 Å². The van der Waals surface area contributed by atoms with Gasteiger partial charge in [0.15, 0.2) is 5.13 Å². The molecule has 0 radical (unpaired) electrons. The Kier molecular flexibility index (Phi) is 13.3. The van der Waals surface area contributed by atoms with Gasteiger partial charge in [0, 0.05) is 67.1 Å². The second kappa shape index (κ2) is 18.7. The molecule has 3 aliphatic heterocycles. The van der Waals surface area contributed by atoms with E-state index < -0.39 is 70.6 Å². The summed E-state index contributed by atoms with van der Waals surface area (Å²) in [5.41, 5.74) is 1.73. The first-order valence-electron chi connectivity index (χ1n) is 20.1. The van der Waals surface area contributed by atoms with Gasteiger partial charge < -0.3 is 14.9 Å². The highest BCUT2D eigenvalue weighted by Crippen LogP contribution is 2.36. The molecule has 352 valence electrons. The van der Waals surface area contributed by atoms with Gasteiger partial charge in [0.05, 0.1) is 26.3 Å². The Balaban J connectivity index is 0.000000182. The first-order valence-corrected chi connectivity index (χ1v) is 26.2. The smallest absolute Gasteiger partial charge is 0.383 e. The molecule has 0 saturated carbocycles. The molecule has 3 aliphatic rings. The molecule has 0 unspecified atom stereocenters. The van der Waals surface area contributed by atoms with E-state index in [1.807, 2.05) is 4.90 Å². The maximum absolute atomic E-state index is 13.4. The zero-order valence-corrected chi connectivity index (χ0v) is 38.6. The minimum atomic E-state index is -4.66. The normalized spacial score (nSPS) is 18.1. The highest BCUT2D eigenvalue weighted by atomic mass is 32.3. The number of anilines is 4. The number of carbonyl (C=O) groups is 2. The van der Waals surface area contributed by atoms with E-state index >= 15 is 0 Å². The SMILES string of the molecule is O=C1[C@@H](N2CCc3ccc(C(F)(F)F)cc3C2)CCN1c1ccc(S(=O)(=O)Nc2nccs2)cc1.O=C1[C@H](O)CCN1c1ccc(S(=O)(=O)N(c2nccs2)S(=O)(=O)c2ccc(F)cc2)cc1. The van der Waals surface area contributed by atoms with Crippen LogP contribution in [0.4, 0.5) is 39.2 Å². The van der Waals surface area contributed by atoms with E-state index in [0.29, 0.717) is 42.9 Å². The van der Waals surface area contributed by atoms with Crippen molar-refractivity contribution in [2.75, 3.05) is 37.9 Å². The average molecular weight is 1020 g/mol. The molecule has 6 aromatic rings. The summed E-state index contributed by atoms with van der Waals surface area (Å²) in [5, 5.41) is 12.7. The summed E-state index contributed by atoms with van der Waals surface area (Å²) < 4.78 is 134. The van der Waals surface area contributed by atoms with Crippen LogP contribution >= 0.6 is 22.7 Å². The maximum Gasteiger partial charge on any atom is 0.416 e. The average Bonchev–Trinajstić information content (AvgIpc) is 4.14. The van der Waals surface area contributed by atoms with Gasteiger partial charge in [0.1, 0.15) is 11.9 Å². The largest absolute Gasteiger partial charge is 0.416 e. The third kappa shape index (κ3) is 9.93. The van der Waals surface area contributed by atoms with Crippen molar-refractivity contribution in [2.24, 2.45) is 0 Å². The monoisotopic (exact) mass is 1020 g/mol. The number of aliphatic hydroxyl groups is 1. The molecule has 2 N–H and O–H groups in total. The molecule has 67 heavy (non-hydrogen) atoms. The van der Waals surface area contributed by atoms with Crippen LogP contribution in [-0.2, 0) is 58.8 Å². The van der Waals surface area contributed by atoms with Gasteiger partial charge in [-0.3, -0.25) is 19.2 Å². The van der Waals surface area contributed by atoms with Crippen molar-refractivity contribution in [2.45, 2.75) is 58.8 Å². The third-order valence-corrected chi connectivity index (χ3v) is 18.3. The number of nitrogens with one attached hydrogen (secondary N) is 1. The van der Waals surface area contributed by atoms with Crippen LogP contribution in [-0.4, -0.2) is 88.8 Å². The van der Waals surface area contributed by atoms with Crippen molar-refractivity contribution in [3.05, 3.63) is 137 Å². The summed E-state index contributed by atoms with van der Waals surface area (Å²) in [7, 11) is -13.1. The Labute approximate surface area is 389 Å². The lowest BCUT2D eigenvalue weighted by molar-refractivity contribution is -0.137. The van der Waals surface area contributed by atoms with Gasteiger partial charge in [-0.1, -0.05) is 6.07 Å². The number of fused-ring (bicyclic) bond motifs is 1. The first kappa shape index (κ1) is 47.7. The number of hydrogen-bond donors (Lipinski definition) is 2. The van der Waals surface area contributed by atoms with Crippen LogP contribution in [0.2, 0.25) is 0 Å². The second-order valence-electron chi connectivity index (χ2n) is 15.2. The molecule has 16 nitrogen and oxygen atoms in total. The molecular weight excluding hydrogens is 983 g/mol. The Morgan fingerprint density at radius 1 is 0.687 bits per heavy atom. The Bertz CT molecular complexity index is 3110. The van der Waals surface area contributed by atoms with Crippen LogP contribution in [0, 0.1) is 5.82 Å². The minimum absolute atomic E-state index is 0.0488. The first-order chi connectivity index (χ1) is 31.7. The summed E-state index contributed by atoms with van der Waals surface area (Å²) in [5.74, 6) is -1.31. The summed E-state index contributed by atoms with van der Waals surface area (Å²) in [6.07, 6.45) is -1.39.